The van der Waals surface area contributed by atoms with Gasteiger partial charge in [0.15, 0.2) is 0 Å². The number of hydrogen-bond acceptors (Lipinski definition) is 4. The summed E-state index contributed by atoms with van der Waals surface area (Å²) in [5.41, 5.74) is 1.53. The Morgan fingerprint density at radius 1 is 1.47 bits per heavy atom. The van der Waals surface area contributed by atoms with Gasteiger partial charge in [0.1, 0.15) is 0 Å². The Morgan fingerprint density at radius 2 is 2.26 bits per heavy atom. The number of aliphatic hydroxyl groups excluding tert-OH is 1. The largest absolute Gasteiger partial charge is 0.478 e. The molecule has 0 saturated heterocycles. The first kappa shape index (κ1) is 13.6. The SMILES string of the molecule is O=C(O)c1cnc2cccc(NCC(O)CCl)c2c1. The number of hydrogen-bond donors (Lipinski definition) is 3. The van der Waals surface area contributed by atoms with Crippen LogP contribution in [0.25, 0.3) is 10.9 Å². The normalized spacial score (nSPS) is 12.3. The van der Waals surface area contributed by atoms with Crippen molar-refractivity contribution in [2.24, 2.45) is 0 Å². The monoisotopic (exact) mass is 280 g/mol. The number of nitrogens with one attached hydrogen (secondary N) is 1. The molecule has 2 rings (SSSR count). The van der Waals surface area contributed by atoms with Crippen molar-refractivity contribution in [1.29, 1.82) is 0 Å². The van der Waals surface area contributed by atoms with E-state index in [9.17, 15) is 9.90 Å². The topological polar surface area (TPSA) is 82.5 Å². The van der Waals surface area contributed by atoms with Gasteiger partial charge in [-0.1, -0.05) is 6.07 Å². The van der Waals surface area contributed by atoms with Gasteiger partial charge in [-0.2, -0.15) is 0 Å². The zero-order chi connectivity index (χ0) is 13.8. The van der Waals surface area contributed by atoms with Crippen molar-refractivity contribution in [1.82, 2.24) is 4.98 Å². The van der Waals surface area contributed by atoms with Crippen LogP contribution in [0.1, 0.15) is 10.4 Å². The number of nitrogens with zero attached hydrogens (tertiary/aromatic N) is 1. The minimum atomic E-state index is -1.02. The summed E-state index contributed by atoms with van der Waals surface area (Å²) >= 11 is 5.52. The number of alkyl halides is 1. The minimum Gasteiger partial charge on any atom is -0.478 e. The Balaban J connectivity index is 2.37. The molecule has 0 fully saturated rings. The lowest BCUT2D eigenvalue weighted by atomic mass is 10.1. The van der Waals surface area contributed by atoms with E-state index in [-0.39, 0.29) is 11.4 Å². The van der Waals surface area contributed by atoms with Gasteiger partial charge < -0.3 is 15.5 Å². The van der Waals surface area contributed by atoms with Crippen LogP contribution in [-0.4, -0.2) is 39.7 Å². The van der Waals surface area contributed by atoms with Gasteiger partial charge in [-0.25, -0.2) is 4.79 Å². The quantitative estimate of drug-likeness (QED) is 0.729. The summed E-state index contributed by atoms with van der Waals surface area (Å²) in [5, 5.41) is 22.1. The van der Waals surface area contributed by atoms with Gasteiger partial charge >= 0.3 is 5.97 Å². The predicted octanol–water partition coefficient (Wildman–Crippen LogP) is 1.94. The summed E-state index contributed by atoms with van der Waals surface area (Å²) in [6.07, 6.45) is 0.662. The van der Waals surface area contributed by atoms with Crippen LogP contribution in [0.2, 0.25) is 0 Å². The molecule has 0 aliphatic carbocycles. The second-order valence-corrected chi connectivity index (χ2v) is 4.40. The van der Waals surface area contributed by atoms with Crippen LogP contribution in [0.3, 0.4) is 0 Å². The number of aromatic carboxylic acids is 1. The van der Waals surface area contributed by atoms with Crippen molar-refractivity contribution in [3.63, 3.8) is 0 Å². The van der Waals surface area contributed by atoms with Crippen molar-refractivity contribution in [3.8, 4) is 0 Å². The summed E-state index contributed by atoms with van der Waals surface area (Å²) in [6, 6.07) is 6.96. The van der Waals surface area contributed by atoms with Gasteiger partial charge in [0.25, 0.3) is 0 Å². The number of pyridine rings is 1. The van der Waals surface area contributed by atoms with Crippen LogP contribution in [-0.2, 0) is 0 Å². The number of aliphatic hydroxyl groups is 1. The average molecular weight is 281 g/mol. The van der Waals surface area contributed by atoms with Gasteiger partial charge in [-0.3, -0.25) is 4.98 Å². The fraction of sp³-hybridized carbons (Fsp3) is 0.231. The molecule has 0 amide bonds. The molecule has 6 heteroatoms. The van der Waals surface area contributed by atoms with Crippen LogP contribution < -0.4 is 5.32 Å². The smallest absolute Gasteiger partial charge is 0.337 e. The second kappa shape index (κ2) is 5.86. The Hall–Kier alpha value is -1.85. The highest BCUT2D eigenvalue weighted by molar-refractivity contribution is 6.18. The molecule has 1 unspecified atom stereocenters. The van der Waals surface area contributed by atoms with Crippen LogP contribution >= 0.6 is 11.6 Å². The molecule has 3 N–H and O–H groups in total. The third kappa shape index (κ3) is 3.13. The minimum absolute atomic E-state index is 0.125. The summed E-state index contributed by atoms with van der Waals surface area (Å²) in [6.45, 7) is 0.292. The van der Waals surface area contributed by atoms with Crippen LogP contribution in [0.15, 0.2) is 30.5 Å². The van der Waals surface area contributed by atoms with Crippen LogP contribution in [0.4, 0.5) is 5.69 Å². The number of rotatable bonds is 5. The maximum Gasteiger partial charge on any atom is 0.337 e. The highest BCUT2D eigenvalue weighted by Crippen LogP contribution is 2.22. The molecule has 0 aliphatic rings. The number of benzene rings is 1. The molecule has 0 radical (unpaired) electrons. The molecule has 1 atom stereocenters. The maximum atomic E-state index is 11.0. The highest BCUT2D eigenvalue weighted by Gasteiger charge is 2.08. The molecule has 0 aliphatic heterocycles. The Morgan fingerprint density at radius 3 is 2.95 bits per heavy atom. The summed E-state index contributed by atoms with van der Waals surface area (Å²) in [5.74, 6) is -0.888. The molecule has 100 valence electrons. The lowest BCUT2D eigenvalue weighted by Crippen LogP contribution is -2.20. The molecular formula is C13H13ClN2O3. The second-order valence-electron chi connectivity index (χ2n) is 4.09. The summed E-state index contributed by atoms with van der Waals surface area (Å²) < 4.78 is 0. The zero-order valence-electron chi connectivity index (χ0n) is 10.0. The molecule has 0 bridgehead atoms. The number of carboxylic acids is 1. The summed E-state index contributed by atoms with van der Waals surface area (Å²) in [7, 11) is 0. The van der Waals surface area contributed by atoms with Gasteiger partial charge in [0.2, 0.25) is 0 Å². The molecule has 1 aromatic carbocycles. The number of anilines is 1. The number of aromatic nitrogens is 1. The third-order valence-corrected chi connectivity index (χ3v) is 3.04. The van der Waals surface area contributed by atoms with E-state index in [4.69, 9.17) is 16.7 Å². The van der Waals surface area contributed by atoms with Gasteiger partial charge in [-0.05, 0) is 18.2 Å². The first-order chi connectivity index (χ1) is 9.11. The molecule has 0 saturated carbocycles. The standard InChI is InChI=1S/C13H13ClN2O3/c14-5-9(17)7-16-12-3-1-2-11-10(12)4-8(6-15-11)13(18)19/h1-4,6,9,16-17H,5,7H2,(H,18,19). The highest BCUT2D eigenvalue weighted by atomic mass is 35.5. The number of carbonyl (C=O) groups is 1. The van der Waals surface area contributed by atoms with E-state index in [1.807, 2.05) is 6.07 Å². The van der Waals surface area contributed by atoms with E-state index in [0.717, 1.165) is 5.69 Å². The number of carboxylic acid groups (broad SMARTS) is 1. The molecule has 2 aromatic rings. The molecule has 5 nitrogen and oxygen atoms in total. The lowest BCUT2D eigenvalue weighted by Gasteiger charge is -2.12. The maximum absolute atomic E-state index is 11.0. The Kier molecular flexibility index (Phi) is 4.19. The fourth-order valence-electron chi connectivity index (χ4n) is 1.70. The van der Waals surface area contributed by atoms with E-state index in [1.165, 1.54) is 6.20 Å². The molecular weight excluding hydrogens is 268 g/mol. The number of fused-ring (bicyclic) bond motifs is 1. The van der Waals surface area contributed by atoms with E-state index in [1.54, 1.807) is 18.2 Å². The van der Waals surface area contributed by atoms with Crippen LogP contribution in [0.5, 0.6) is 0 Å². The zero-order valence-corrected chi connectivity index (χ0v) is 10.8. The van der Waals surface area contributed by atoms with Gasteiger partial charge in [0.05, 0.1) is 23.1 Å². The Bertz CT molecular complexity index is 603. The fourth-order valence-corrected chi connectivity index (χ4v) is 1.81. The molecule has 1 aromatic heterocycles. The summed E-state index contributed by atoms with van der Waals surface area (Å²) in [4.78, 5) is 15.1. The van der Waals surface area contributed by atoms with Crippen molar-refractivity contribution < 1.29 is 15.0 Å². The van der Waals surface area contributed by atoms with Crippen molar-refractivity contribution >= 4 is 34.2 Å². The molecule has 19 heavy (non-hydrogen) atoms. The molecule has 1 heterocycles. The number of halogens is 1. The molecule has 0 spiro atoms. The first-order valence-electron chi connectivity index (χ1n) is 5.72. The van der Waals surface area contributed by atoms with Crippen molar-refractivity contribution in [2.45, 2.75) is 6.10 Å². The Labute approximate surface area is 114 Å². The van der Waals surface area contributed by atoms with E-state index in [2.05, 4.69) is 10.3 Å². The van der Waals surface area contributed by atoms with Crippen LogP contribution in [0, 0.1) is 0 Å². The van der Waals surface area contributed by atoms with Crippen molar-refractivity contribution in [2.75, 3.05) is 17.7 Å². The van der Waals surface area contributed by atoms with Crippen molar-refractivity contribution in [3.05, 3.63) is 36.0 Å². The van der Waals surface area contributed by atoms with E-state index in [0.29, 0.717) is 17.4 Å². The van der Waals surface area contributed by atoms with E-state index >= 15 is 0 Å². The first-order valence-corrected chi connectivity index (χ1v) is 6.25. The van der Waals surface area contributed by atoms with Gasteiger partial charge in [0, 0.05) is 23.8 Å². The average Bonchev–Trinajstić information content (AvgIpc) is 2.43. The third-order valence-electron chi connectivity index (χ3n) is 2.68. The van der Waals surface area contributed by atoms with E-state index < -0.39 is 12.1 Å². The predicted molar refractivity (Wildman–Crippen MR) is 73.9 cm³/mol. The lowest BCUT2D eigenvalue weighted by molar-refractivity contribution is 0.0696. The van der Waals surface area contributed by atoms with Gasteiger partial charge in [-0.15, -0.1) is 11.6 Å².